The van der Waals surface area contributed by atoms with Crippen LogP contribution in [-0.2, 0) is 15.2 Å². The van der Waals surface area contributed by atoms with Crippen LogP contribution in [0.1, 0.15) is 18.4 Å². The Labute approximate surface area is 113 Å². The van der Waals surface area contributed by atoms with Gasteiger partial charge in [0.25, 0.3) is 0 Å². The maximum absolute atomic E-state index is 12.4. The summed E-state index contributed by atoms with van der Waals surface area (Å²) in [6, 6.07) is 4.51. The van der Waals surface area contributed by atoms with Gasteiger partial charge in [-0.1, -0.05) is 6.07 Å². The zero-order chi connectivity index (χ0) is 14.5. The molecular weight excluding hydrogens is 305 g/mol. The molecule has 0 aliphatic carbocycles. The van der Waals surface area contributed by atoms with Crippen molar-refractivity contribution in [1.29, 1.82) is 0 Å². The van der Waals surface area contributed by atoms with Crippen molar-refractivity contribution in [2.24, 2.45) is 0 Å². The molecule has 0 amide bonds. The van der Waals surface area contributed by atoms with E-state index >= 15 is 0 Å². The molecule has 0 heterocycles. The fourth-order valence-corrected chi connectivity index (χ4v) is 2.21. The SMILES string of the molecule is O=S(=O)(Cl)CCCCOc1cccc(C(F)(F)F)c1. The fraction of sp³-hybridized carbons (Fsp3) is 0.455. The first-order chi connectivity index (χ1) is 8.68. The first-order valence-electron chi connectivity index (χ1n) is 5.41. The van der Waals surface area contributed by atoms with Crippen LogP contribution < -0.4 is 4.74 Å². The van der Waals surface area contributed by atoms with E-state index in [1.54, 1.807) is 0 Å². The maximum atomic E-state index is 12.4. The van der Waals surface area contributed by atoms with Gasteiger partial charge in [0.2, 0.25) is 9.05 Å². The third-order valence-corrected chi connectivity index (χ3v) is 3.45. The first-order valence-corrected chi connectivity index (χ1v) is 7.89. The predicted molar refractivity (Wildman–Crippen MR) is 65.8 cm³/mol. The Morgan fingerprint density at radius 1 is 1.21 bits per heavy atom. The number of ether oxygens (including phenoxy) is 1. The van der Waals surface area contributed by atoms with Crippen molar-refractivity contribution in [3.8, 4) is 5.75 Å². The van der Waals surface area contributed by atoms with E-state index in [1.807, 2.05) is 0 Å². The van der Waals surface area contributed by atoms with Crippen LogP contribution >= 0.6 is 10.7 Å². The van der Waals surface area contributed by atoms with Gasteiger partial charge in [0, 0.05) is 10.7 Å². The van der Waals surface area contributed by atoms with Gasteiger partial charge < -0.3 is 4.74 Å². The lowest BCUT2D eigenvalue weighted by atomic mass is 10.2. The van der Waals surface area contributed by atoms with Gasteiger partial charge in [0.15, 0.2) is 0 Å². The highest BCUT2D eigenvalue weighted by Crippen LogP contribution is 2.31. The molecule has 1 aromatic rings. The minimum Gasteiger partial charge on any atom is -0.494 e. The molecule has 3 nitrogen and oxygen atoms in total. The highest BCUT2D eigenvalue weighted by atomic mass is 35.7. The lowest BCUT2D eigenvalue weighted by molar-refractivity contribution is -0.137. The van der Waals surface area contributed by atoms with Crippen LogP contribution in [0, 0.1) is 0 Å². The van der Waals surface area contributed by atoms with Gasteiger partial charge in [-0.05, 0) is 31.0 Å². The monoisotopic (exact) mass is 316 g/mol. The number of unbranched alkanes of at least 4 members (excludes halogenated alkanes) is 1. The number of alkyl halides is 3. The van der Waals surface area contributed by atoms with Crippen molar-refractivity contribution in [2.75, 3.05) is 12.4 Å². The molecule has 0 bridgehead atoms. The highest BCUT2D eigenvalue weighted by Gasteiger charge is 2.30. The van der Waals surface area contributed by atoms with Crippen LogP contribution in [0.25, 0.3) is 0 Å². The average molecular weight is 317 g/mol. The minimum atomic E-state index is -4.41. The van der Waals surface area contributed by atoms with Crippen LogP contribution in [0.15, 0.2) is 24.3 Å². The summed E-state index contributed by atoms with van der Waals surface area (Å²) in [5.74, 6) is -0.0795. The van der Waals surface area contributed by atoms with Crippen molar-refractivity contribution in [3.05, 3.63) is 29.8 Å². The molecule has 0 aromatic heterocycles. The molecule has 0 unspecified atom stereocenters. The molecule has 0 fully saturated rings. The van der Waals surface area contributed by atoms with Crippen LogP contribution in [0.5, 0.6) is 5.75 Å². The Morgan fingerprint density at radius 3 is 2.47 bits per heavy atom. The summed E-state index contributed by atoms with van der Waals surface area (Å²) in [5, 5.41) is 0. The molecule has 108 valence electrons. The summed E-state index contributed by atoms with van der Waals surface area (Å²) in [6.45, 7) is 0.133. The Balaban J connectivity index is 2.42. The quantitative estimate of drug-likeness (QED) is 0.596. The van der Waals surface area contributed by atoms with E-state index in [2.05, 4.69) is 0 Å². The molecule has 0 saturated carbocycles. The number of hydrogen-bond donors (Lipinski definition) is 0. The van der Waals surface area contributed by atoms with E-state index in [-0.39, 0.29) is 18.1 Å². The van der Waals surface area contributed by atoms with Gasteiger partial charge >= 0.3 is 6.18 Å². The van der Waals surface area contributed by atoms with Gasteiger partial charge in [-0.25, -0.2) is 8.42 Å². The molecule has 1 rings (SSSR count). The lowest BCUT2D eigenvalue weighted by Crippen LogP contribution is -2.06. The Morgan fingerprint density at radius 2 is 1.89 bits per heavy atom. The zero-order valence-electron chi connectivity index (χ0n) is 9.78. The Bertz CT molecular complexity index is 514. The summed E-state index contributed by atoms with van der Waals surface area (Å²) < 4.78 is 63.6. The van der Waals surface area contributed by atoms with E-state index in [9.17, 15) is 21.6 Å². The molecule has 8 heteroatoms. The molecule has 0 spiro atoms. The largest absolute Gasteiger partial charge is 0.494 e. The predicted octanol–water partition coefficient (Wildman–Crippen LogP) is 3.43. The Kier molecular flexibility index (Phi) is 5.49. The van der Waals surface area contributed by atoms with Crippen molar-refractivity contribution in [3.63, 3.8) is 0 Å². The fourth-order valence-electron chi connectivity index (χ4n) is 1.33. The minimum absolute atomic E-state index is 0.101. The average Bonchev–Trinajstić information content (AvgIpc) is 2.26. The number of hydrogen-bond acceptors (Lipinski definition) is 3. The third-order valence-electron chi connectivity index (χ3n) is 2.21. The van der Waals surface area contributed by atoms with Gasteiger partial charge in [0.1, 0.15) is 5.75 Å². The van der Waals surface area contributed by atoms with Crippen LogP contribution in [-0.4, -0.2) is 20.8 Å². The van der Waals surface area contributed by atoms with Crippen molar-refractivity contribution in [2.45, 2.75) is 19.0 Å². The number of halogens is 4. The summed E-state index contributed by atoms with van der Waals surface area (Å²) in [6.07, 6.45) is -3.72. The molecule has 0 atom stereocenters. The van der Waals surface area contributed by atoms with Gasteiger partial charge in [-0.2, -0.15) is 13.2 Å². The van der Waals surface area contributed by atoms with Crippen molar-refractivity contribution in [1.82, 2.24) is 0 Å². The lowest BCUT2D eigenvalue weighted by Gasteiger charge is -2.09. The van der Waals surface area contributed by atoms with E-state index in [4.69, 9.17) is 15.4 Å². The summed E-state index contributed by atoms with van der Waals surface area (Å²) >= 11 is 0. The summed E-state index contributed by atoms with van der Waals surface area (Å²) in [4.78, 5) is 0. The van der Waals surface area contributed by atoms with E-state index < -0.39 is 20.8 Å². The summed E-state index contributed by atoms with van der Waals surface area (Å²) in [7, 11) is 1.48. The van der Waals surface area contributed by atoms with E-state index in [0.29, 0.717) is 12.8 Å². The molecule has 1 aromatic carbocycles. The molecular formula is C11H12ClF3O3S. The topological polar surface area (TPSA) is 43.4 Å². The van der Waals surface area contributed by atoms with Crippen LogP contribution in [0.3, 0.4) is 0 Å². The second kappa shape index (κ2) is 6.47. The first kappa shape index (κ1) is 16.1. The van der Waals surface area contributed by atoms with Crippen LogP contribution in [0.4, 0.5) is 13.2 Å². The van der Waals surface area contributed by atoms with E-state index in [0.717, 1.165) is 12.1 Å². The summed E-state index contributed by atoms with van der Waals surface area (Å²) in [5.41, 5.74) is -0.784. The molecule has 19 heavy (non-hydrogen) atoms. The van der Waals surface area contributed by atoms with Crippen LogP contribution in [0.2, 0.25) is 0 Å². The van der Waals surface area contributed by atoms with Gasteiger partial charge in [-0.15, -0.1) is 0 Å². The number of benzene rings is 1. The van der Waals surface area contributed by atoms with Crippen molar-refractivity contribution < 1.29 is 26.3 Å². The highest BCUT2D eigenvalue weighted by molar-refractivity contribution is 8.13. The zero-order valence-corrected chi connectivity index (χ0v) is 11.4. The standard InChI is InChI=1S/C11H12ClF3O3S/c12-19(16,17)7-2-1-6-18-10-5-3-4-9(8-10)11(13,14)15/h3-5,8H,1-2,6-7H2. The normalized spacial score (nSPS) is 12.4. The maximum Gasteiger partial charge on any atom is 0.416 e. The molecule has 0 aliphatic rings. The van der Waals surface area contributed by atoms with Crippen molar-refractivity contribution >= 4 is 19.7 Å². The third kappa shape index (κ3) is 6.68. The molecule has 0 saturated heterocycles. The second-order valence-corrected chi connectivity index (χ2v) is 6.72. The number of rotatable bonds is 6. The van der Waals surface area contributed by atoms with E-state index in [1.165, 1.54) is 12.1 Å². The van der Waals surface area contributed by atoms with Gasteiger partial charge in [0.05, 0.1) is 17.9 Å². The molecule has 0 N–H and O–H groups in total. The smallest absolute Gasteiger partial charge is 0.416 e. The Hall–Kier alpha value is -0.950. The molecule has 0 aliphatic heterocycles. The van der Waals surface area contributed by atoms with Gasteiger partial charge in [-0.3, -0.25) is 0 Å². The second-order valence-electron chi connectivity index (χ2n) is 3.82. The molecule has 0 radical (unpaired) electrons.